The second-order valence-electron chi connectivity index (χ2n) is 4.59. The molecule has 2 heteroatoms. The lowest BCUT2D eigenvalue weighted by Gasteiger charge is -2.36. The third-order valence-corrected chi connectivity index (χ3v) is 4.29. The van der Waals surface area contributed by atoms with Gasteiger partial charge in [0.15, 0.2) is 0 Å². The van der Waals surface area contributed by atoms with Gasteiger partial charge in [0.2, 0.25) is 0 Å². The summed E-state index contributed by atoms with van der Waals surface area (Å²) in [6, 6.07) is 11.6. The molecule has 0 radical (unpaired) electrons. The number of hydrogen-bond acceptors (Lipinski definition) is 2. The van der Waals surface area contributed by atoms with Crippen molar-refractivity contribution in [2.45, 2.75) is 24.8 Å². The van der Waals surface area contributed by atoms with Crippen LogP contribution in [0.1, 0.15) is 24.3 Å². The summed E-state index contributed by atoms with van der Waals surface area (Å²) in [4.78, 5) is 0. The van der Waals surface area contributed by atoms with E-state index in [-0.39, 0.29) is 0 Å². The highest BCUT2D eigenvalue weighted by Crippen LogP contribution is 2.36. The highest BCUT2D eigenvalue weighted by molar-refractivity contribution is 7.99. The summed E-state index contributed by atoms with van der Waals surface area (Å²) in [7, 11) is 0. The highest BCUT2D eigenvalue weighted by Gasteiger charge is 2.29. The Labute approximate surface area is 109 Å². The summed E-state index contributed by atoms with van der Waals surface area (Å²) in [6.07, 6.45) is 4.58. The highest BCUT2D eigenvalue weighted by atomic mass is 32.2. The molecule has 1 saturated carbocycles. The normalized spacial score (nSPS) is 23.1. The number of nitrogens with one attached hydrogen (secondary N) is 1. The van der Waals surface area contributed by atoms with Crippen LogP contribution in [-0.2, 0) is 0 Å². The molecule has 2 rings (SSSR count). The van der Waals surface area contributed by atoms with E-state index in [1.807, 2.05) is 17.8 Å². The first-order chi connectivity index (χ1) is 8.40. The van der Waals surface area contributed by atoms with Crippen LogP contribution in [0.5, 0.6) is 0 Å². The molecule has 1 aromatic carbocycles. The molecule has 0 atom stereocenters. The molecule has 92 valence electrons. The topological polar surface area (TPSA) is 12.0 Å². The maximum absolute atomic E-state index is 3.72. The summed E-state index contributed by atoms with van der Waals surface area (Å²) in [5, 5.41) is 3.62. The molecule has 17 heavy (non-hydrogen) atoms. The van der Waals surface area contributed by atoms with Crippen LogP contribution < -0.4 is 5.32 Å². The van der Waals surface area contributed by atoms with E-state index >= 15 is 0 Å². The lowest BCUT2D eigenvalue weighted by molar-refractivity contribution is 0.296. The molecule has 0 amide bonds. The molecular formula is C15H21NS. The van der Waals surface area contributed by atoms with Gasteiger partial charge < -0.3 is 5.32 Å². The quantitative estimate of drug-likeness (QED) is 0.585. The molecule has 0 unspecified atom stereocenters. The molecule has 1 aliphatic rings. The Kier molecular flexibility index (Phi) is 5.14. The van der Waals surface area contributed by atoms with Crippen LogP contribution in [-0.4, -0.2) is 24.1 Å². The van der Waals surface area contributed by atoms with E-state index < -0.39 is 0 Å². The molecular weight excluding hydrogens is 226 g/mol. The summed E-state index contributed by atoms with van der Waals surface area (Å²) in [6.45, 7) is 4.85. The van der Waals surface area contributed by atoms with Crippen LogP contribution in [0.25, 0.3) is 0 Å². The minimum absolute atomic E-state index is 0.740. The molecule has 0 spiro atoms. The lowest BCUT2D eigenvalue weighted by atomic mass is 9.76. The van der Waals surface area contributed by atoms with E-state index in [2.05, 4.69) is 42.2 Å². The zero-order valence-corrected chi connectivity index (χ0v) is 11.1. The Morgan fingerprint density at radius 3 is 2.76 bits per heavy atom. The van der Waals surface area contributed by atoms with Gasteiger partial charge in [0.1, 0.15) is 0 Å². The lowest BCUT2D eigenvalue weighted by Crippen LogP contribution is -2.41. The molecule has 1 aromatic rings. The van der Waals surface area contributed by atoms with E-state index in [9.17, 15) is 0 Å². The Hall–Kier alpha value is -0.730. The summed E-state index contributed by atoms with van der Waals surface area (Å²) in [5.41, 5.74) is 1.51. The molecule has 0 bridgehead atoms. The van der Waals surface area contributed by atoms with E-state index in [1.165, 1.54) is 24.2 Å². The largest absolute Gasteiger partial charge is 0.313 e. The van der Waals surface area contributed by atoms with Crippen molar-refractivity contribution in [1.82, 2.24) is 5.32 Å². The van der Waals surface area contributed by atoms with Gasteiger partial charge in [0, 0.05) is 24.1 Å². The maximum Gasteiger partial charge on any atom is 0.0111 e. The minimum Gasteiger partial charge on any atom is -0.313 e. The number of rotatable bonds is 7. The van der Waals surface area contributed by atoms with Crippen molar-refractivity contribution in [2.75, 3.05) is 18.1 Å². The third-order valence-electron chi connectivity index (χ3n) is 3.32. The van der Waals surface area contributed by atoms with Gasteiger partial charge in [-0.2, -0.15) is 11.8 Å². The van der Waals surface area contributed by atoms with Crippen molar-refractivity contribution in [1.29, 1.82) is 0 Å². The van der Waals surface area contributed by atoms with Gasteiger partial charge in [-0.3, -0.25) is 0 Å². The van der Waals surface area contributed by atoms with Gasteiger partial charge in [-0.05, 0) is 24.3 Å². The van der Waals surface area contributed by atoms with Crippen LogP contribution in [0, 0.1) is 0 Å². The monoisotopic (exact) mass is 247 g/mol. The molecule has 0 heterocycles. The van der Waals surface area contributed by atoms with Crippen LogP contribution in [0.2, 0.25) is 0 Å². The molecule has 1 aliphatic carbocycles. The van der Waals surface area contributed by atoms with E-state index in [1.54, 1.807) is 0 Å². The second-order valence-corrected chi connectivity index (χ2v) is 5.74. The van der Waals surface area contributed by atoms with Crippen LogP contribution in [0.15, 0.2) is 43.0 Å². The fourth-order valence-corrected chi connectivity index (χ4v) is 2.88. The predicted octanol–water partition coefficient (Wildman–Crippen LogP) is 3.44. The molecule has 1 fully saturated rings. The van der Waals surface area contributed by atoms with Crippen molar-refractivity contribution >= 4 is 11.8 Å². The fraction of sp³-hybridized carbons (Fsp3) is 0.467. The summed E-state index contributed by atoms with van der Waals surface area (Å²) < 4.78 is 0. The number of thioether (sulfide) groups is 1. The maximum atomic E-state index is 3.72. The Bertz CT molecular complexity index is 330. The second kappa shape index (κ2) is 6.87. The van der Waals surface area contributed by atoms with Gasteiger partial charge in [-0.15, -0.1) is 6.58 Å². The molecule has 0 aromatic heterocycles. The standard InChI is InChI=1S/C15H21NS/c1-2-9-17-10-8-16-15-11-14(12-15)13-6-4-3-5-7-13/h2-7,14-16H,1,8-12H2. The summed E-state index contributed by atoms with van der Waals surface area (Å²) in [5.74, 6) is 3.05. The SMILES string of the molecule is C=CCSCCNC1CC(c2ccccc2)C1. The zero-order valence-electron chi connectivity index (χ0n) is 10.3. The first-order valence-corrected chi connectivity index (χ1v) is 7.52. The van der Waals surface area contributed by atoms with E-state index in [0.29, 0.717) is 0 Å². The molecule has 0 saturated heterocycles. The Morgan fingerprint density at radius 2 is 2.06 bits per heavy atom. The van der Waals surface area contributed by atoms with E-state index in [0.717, 1.165) is 24.3 Å². The van der Waals surface area contributed by atoms with Gasteiger partial charge in [-0.25, -0.2) is 0 Å². The fourth-order valence-electron chi connectivity index (χ4n) is 2.28. The van der Waals surface area contributed by atoms with Gasteiger partial charge in [-0.1, -0.05) is 36.4 Å². The van der Waals surface area contributed by atoms with E-state index in [4.69, 9.17) is 0 Å². The molecule has 0 aliphatic heterocycles. The van der Waals surface area contributed by atoms with Crippen molar-refractivity contribution < 1.29 is 0 Å². The van der Waals surface area contributed by atoms with Crippen molar-refractivity contribution in [3.63, 3.8) is 0 Å². The van der Waals surface area contributed by atoms with Gasteiger partial charge in [0.25, 0.3) is 0 Å². The number of benzene rings is 1. The smallest absolute Gasteiger partial charge is 0.0111 e. The molecule has 1 N–H and O–H groups in total. The Morgan fingerprint density at radius 1 is 1.29 bits per heavy atom. The summed E-state index contributed by atoms with van der Waals surface area (Å²) >= 11 is 1.95. The first-order valence-electron chi connectivity index (χ1n) is 6.37. The minimum atomic E-state index is 0.740. The van der Waals surface area contributed by atoms with Crippen molar-refractivity contribution in [3.8, 4) is 0 Å². The van der Waals surface area contributed by atoms with Gasteiger partial charge in [0.05, 0.1) is 0 Å². The molecule has 1 nitrogen and oxygen atoms in total. The van der Waals surface area contributed by atoms with Crippen LogP contribution in [0.3, 0.4) is 0 Å². The average Bonchev–Trinajstić information content (AvgIpc) is 2.32. The van der Waals surface area contributed by atoms with Crippen LogP contribution >= 0.6 is 11.8 Å². The van der Waals surface area contributed by atoms with Crippen LogP contribution in [0.4, 0.5) is 0 Å². The average molecular weight is 247 g/mol. The predicted molar refractivity (Wildman–Crippen MR) is 77.7 cm³/mol. The zero-order chi connectivity index (χ0) is 11.9. The van der Waals surface area contributed by atoms with Gasteiger partial charge >= 0.3 is 0 Å². The van der Waals surface area contributed by atoms with Crippen molar-refractivity contribution in [3.05, 3.63) is 48.6 Å². The third kappa shape index (κ3) is 3.90. The van der Waals surface area contributed by atoms with Crippen molar-refractivity contribution in [2.24, 2.45) is 0 Å². The Balaban J connectivity index is 1.58. The first kappa shape index (κ1) is 12.7. The number of hydrogen-bond donors (Lipinski definition) is 1.